The Morgan fingerprint density at radius 2 is 1.85 bits per heavy atom. The molecule has 4 aromatic rings. The zero-order valence-corrected chi connectivity index (χ0v) is 14.6. The number of piperazine rings is 1. The molecule has 1 saturated heterocycles. The Labute approximate surface area is 155 Å². The Hall–Kier alpha value is -3.46. The number of hydrogen-bond donors (Lipinski definition) is 3. The van der Waals surface area contributed by atoms with Crippen molar-refractivity contribution < 1.29 is 0 Å². The highest BCUT2D eigenvalue weighted by Gasteiger charge is 2.13. The highest BCUT2D eigenvalue weighted by atomic mass is 15.3. The predicted molar refractivity (Wildman–Crippen MR) is 103 cm³/mol. The van der Waals surface area contributed by atoms with Gasteiger partial charge in [0.15, 0.2) is 11.5 Å². The standard InChI is InChI=1S/C18H19N9/c1-3-15(26-7-5-19-6-8-26)4-2-14(1)25-17-18-21-12-24-27(18)16(11-20-17)13-9-22-23-10-13/h1-4,9-12,19H,5-8H2,(H,20,25)(H,22,23). The van der Waals surface area contributed by atoms with Crippen molar-refractivity contribution in [2.24, 2.45) is 0 Å². The van der Waals surface area contributed by atoms with E-state index >= 15 is 0 Å². The molecule has 9 nitrogen and oxygen atoms in total. The number of anilines is 3. The summed E-state index contributed by atoms with van der Waals surface area (Å²) in [7, 11) is 0. The zero-order valence-electron chi connectivity index (χ0n) is 14.6. The van der Waals surface area contributed by atoms with Gasteiger partial charge in [0, 0.05) is 49.3 Å². The van der Waals surface area contributed by atoms with Crippen LogP contribution in [-0.4, -0.2) is 56.0 Å². The Morgan fingerprint density at radius 1 is 1.00 bits per heavy atom. The third kappa shape index (κ3) is 2.97. The lowest BCUT2D eigenvalue weighted by Gasteiger charge is -2.29. The fourth-order valence-corrected chi connectivity index (χ4v) is 3.31. The van der Waals surface area contributed by atoms with Crippen LogP contribution in [0, 0.1) is 0 Å². The molecule has 27 heavy (non-hydrogen) atoms. The third-order valence-electron chi connectivity index (χ3n) is 4.71. The summed E-state index contributed by atoms with van der Waals surface area (Å²) in [4.78, 5) is 11.3. The predicted octanol–water partition coefficient (Wildman–Crippen LogP) is 1.67. The molecule has 0 spiro atoms. The van der Waals surface area contributed by atoms with Gasteiger partial charge in [-0.25, -0.2) is 14.5 Å². The minimum absolute atomic E-state index is 0.662. The molecule has 1 aromatic carbocycles. The van der Waals surface area contributed by atoms with E-state index in [0.29, 0.717) is 11.5 Å². The fraction of sp³-hybridized carbons (Fsp3) is 0.222. The van der Waals surface area contributed by atoms with E-state index in [9.17, 15) is 0 Å². The van der Waals surface area contributed by atoms with E-state index in [2.05, 4.69) is 65.1 Å². The second-order valence-electron chi connectivity index (χ2n) is 6.38. The summed E-state index contributed by atoms with van der Waals surface area (Å²) < 4.78 is 1.76. The number of benzene rings is 1. The van der Waals surface area contributed by atoms with Crippen LogP contribution in [0.25, 0.3) is 16.9 Å². The average molecular weight is 361 g/mol. The summed E-state index contributed by atoms with van der Waals surface area (Å²) in [6, 6.07) is 8.40. The largest absolute Gasteiger partial charge is 0.369 e. The van der Waals surface area contributed by atoms with Gasteiger partial charge in [-0.15, -0.1) is 0 Å². The molecule has 4 heterocycles. The molecule has 0 bridgehead atoms. The maximum absolute atomic E-state index is 4.55. The highest BCUT2D eigenvalue weighted by molar-refractivity contribution is 5.73. The van der Waals surface area contributed by atoms with Gasteiger partial charge >= 0.3 is 0 Å². The molecule has 0 unspecified atom stereocenters. The monoisotopic (exact) mass is 361 g/mol. The lowest BCUT2D eigenvalue weighted by molar-refractivity contribution is 0.589. The maximum atomic E-state index is 4.55. The van der Waals surface area contributed by atoms with E-state index in [1.807, 2.05) is 0 Å². The van der Waals surface area contributed by atoms with Crippen molar-refractivity contribution >= 4 is 22.8 Å². The first-order valence-electron chi connectivity index (χ1n) is 8.89. The second kappa shape index (κ2) is 6.69. The van der Waals surface area contributed by atoms with Gasteiger partial charge in [-0.05, 0) is 24.3 Å². The first-order chi connectivity index (χ1) is 13.4. The minimum atomic E-state index is 0.662. The van der Waals surface area contributed by atoms with E-state index in [1.165, 1.54) is 12.0 Å². The first-order valence-corrected chi connectivity index (χ1v) is 8.89. The number of fused-ring (bicyclic) bond motifs is 1. The number of hydrogen-bond acceptors (Lipinski definition) is 7. The molecule has 5 rings (SSSR count). The van der Waals surface area contributed by atoms with E-state index < -0.39 is 0 Å². The Kier molecular flexibility index (Phi) is 3.91. The van der Waals surface area contributed by atoms with E-state index in [-0.39, 0.29) is 0 Å². The number of nitrogens with one attached hydrogen (secondary N) is 3. The zero-order chi connectivity index (χ0) is 18.1. The van der Waals surface area contributed by atoms with Crippen LogP contribution in [0.1, 0.15) is 0 Å². The van der Waals surface area contributed by atoms with Crippen LogP contribution in [0.3, 0.4) is 0 Å². The van der Waals surface area contributed by atoms with Gasteiger partial charge in [0.05, 0.1) is 18.1 Å². The van der Waals surface area contributed by atoms with E-state index in [4.69, 9.17) is 0 Å². The molecule has 3 N–H and O–H groups in total. The molecule has 0 radical (unpaired) electrons. The average Bonchev–Trinajstić information content (AvgIpc) is 3.42. The van der Waals surface area contributed by atoms with Gasteiger partial charge in [-0.2, -0.15) is 10.2 Å². The van der Waals surface area contributed by atoms with E-state index in [1.54, 1.807) is 23.1 Å². The molecule has 3 aromatic heterocycles. The van der Waals surface area contributed by atoms with Crippen molar-refractivity contribution in [1.82, 2.24) is 35.1 Å². The third-order valence-corrected chi connectivity index (χ3v) is 4.71. The summed E-state index contributed by atoms with van der Waals surface area (Å²) in [5.74, 6) is 0.662. The van der Waals surface area contributed by atoms with Crippen LogP contribution in [0.2, 0.25) is 0 Å². The molecular weight excluding hydrogens is 342 g/mol. The Balaban J connectivity index is 1.42. The molecule has 0 amide bonds. The summed E-state index contributed by atoms with van der Waals surface area (Å²) in [5, 5.41) is 17.8. The van der Waals surface area contributed by atoms with Gasteiger partial charge in [0.1, 0.15) is 6.33 Å². The van der Waals surface area contributed by atoms with Gasteiger partial charge in [0.2, 0.25) is 0 Å². The van der Waals surface area contributed by atoms with Crippen molar-refractivity contribution in [2.75, 3.05) is 36.4 Å². The van der Waals surface area contributed by atoms with Crippen molar-refractivity contribution in [3.63, 3.8) is 0 Å². The molecule has 0 aliphatic carbocycles. The van der Waals surface area contributed by atoms with Gasteiger partial charge in [0.25, 0.3) is 0 Å². The molecule has 9 heteroatoms. The van der Waals surface area contributed by atoms with Crippen molar-refractivity contribution in [1.29, 1.82) is 0 Å². The van der Waals surface area contributed by atoms with E-state index in [0.717, 1.165) is 43.1 Å². The molecule has 0 atom stereocenters. The van der Waals surface area contributed by atoms with Crippen LogP contribution in [0.5, 0.6) is 0 Å². The number of rotatable bonds is 4. The fourth-order valence-electron chi connectivity index (χ4n) is 3.31. The SMILES string of the molecule is c1nc2c(Nc3ccc(N4CCNCC4)cc3)ncc(-c3cn[nH]c3)n2n1. The second-order valence-corrected chi connectivity index (χ2v) is 6.38. The molecule has 1 fully saturated rings. The molecule has 1 aliphatic heterocycles. The summed E-state index contributed by atoms with van der Waals surface area (Å²) >= 11 is 0. The number of H-pyrrole nitrogens is 1. The molecular formula is C18H19N9. The van der Waals surface area contributed by atoms with Crippen molar-refractivity contribution in [2.45, 2.75) is 0 Å². The quantitative estimate of drug-likeness (QED) is 0.508. The summed E-state index contributed by atoms with van der Waals surface area (Å²) in [6.07, 6.45) is 6.84. The van der Waals surface area contributed by atoms with Crippen molar-refractivity contribution in [3.05, 3.63) is 49.2 Å². The van der Waals surface area contributed by atoms with Crippen molar-refractivity contribution in [3.8, 4) is 11.3 Å². The van der Waals surface area contributed by atoms with Crippen LogP contribution in [-0.2, 0) is 0 Å². The van der Waals surface area contributed by atoms with Crippen LogP contribution in [0.15, 0.2) is 49.2 Å². The van der Waals surface area contributed by atoms with Crippen LogP contribution < -0.4 is 15.5 Å². The van der Waals surface area contributed by atoms with Gasteiger partial charge in [-0.3, -0.25) is 5.10 Å². The summed E-state index contributed by atoms with van der Waals surface area (Å²) in [6.45, 7) is 4.12. The summed E-state index contributed by atoms with van der Waals surface area (Å²) in [5.41, 5.74) is 4.60. The number of aromatic amines is 1. The lowest BCUT2D eigenvalue weighted by Crippen LogP contribution is -2.43. The minimum Gasteiger partial charge on any atom is -0.369 e. The molecule has 1 aliphatic rings. The topological polar surface area (TPSA) is 99.1 Å². The first kappa shape index (κ1) is 15.8. The number of aromatic nitrogens is 6. The van der Waals surface area contributed by atoms with Crippen LogP contribution in [0.4, 0.5) is 17.2 Å². The number of nitrogens with zero attached hydrogens (tertiary/aromatic N) is 6. The van der Waals surface area contributed by atoms with Gasteiger partial charge < -0.3 is 15.5 Å². The molecule has 136 valence electrons. The normalized spacial score (nSPS) is 14.6. The maximum Gasteiger partial charge on any atom is 0.199 e. The Morgan fingerprint density at radius 3 is 2.63 bits per heavy atom. The lowest BCUT2D eigenvalue weighted by atomic mass is 10.2. The van der Waals surface area contributed by atoms with Gasteiger partial charge in [-0.1, -0.05) is 0 Å². The smallest absolute Gasteiger partial charge is 0.199 e. The highest BCUT2D eigenvalue weighted by Crippen LogP contribution is 2.25. The molecule has 0 saturated carbocycles. The van der Waals surface area contributed by atoms with Crippen LogP contribution >= 0.6 is 0 Å². The Bertz CT molecular complexity index is 1030.